The SMILES string of the molecule is CN1CCN(C(=O)CCc2cc3ccc2CCc2ccc(cc2)CC3)CC1. The average Bonchev–Trinajstić information content (AvgIpc) is 2.69. The fraction of sp³-hybridized carbons (Fsp3) is 0.458. The molecule has 0 unspecified atom stereocenters. The summed E-state index contributed by atoms with van der Waals surface area (Å²) in [6.07, 6.45) is 5.77. The predicted octanol–water partition coefficient (Wildman–Crippen LogP) is 3.28. The first-order valence-electron chi connectivity index (χ1n) is 10.3. The third kappa shape index (κ3) is 4.59. The van der Waals surface area contributed by atoms with Gasteiger partial charge in [0.05, 0.1) is 0 Å². The zero-order chi connectivity index (χ0) is 18.6. The molecule has 27 heavy (non-hydrogen) atoms. The summed E-state index contributed by atoms with van der Waals surface area (Å²) in [6, 6.07) is 16.1. The van der Waals surface area contributed by atoms with Crippen molar-refractivity contribution in [2.75, 3.05) is 33.2 Å². The summed E-state index contributed by atoms with van der Waals surface area (Å²) in [7, 11) is 2.13. The first-order chi connectivity index (χ1) is 13.2. The van der Waals surface area contributed by atoms with Crippen LogP contribution in [0.2, 0.25) is 0 Å². The van der Waals surface area contributed by atoms with Gasteiger partial charge in [-0.25, -0.2) is 0 Å². The molecule has 3 nitrogen and oxygen atoms in total. The Bertz CT molecular complexity index is 789. The molecule has 1 amide bonds. The minimum absolute atomic E-state index is 0.315. The van der Waals surface area contributed by atoms with E-state index in [1.165, 1.54) is 27.8 Å². The lowest BCUT2D eigenvalue weighted by molar-refractivity contribution is -0.132. The van der Waals surface area contributed by atoms with Gasteiger partial charge in [0.15, 0.2) is 0 Å². The third-order valence-electron chi connectivity index (χ3n) is 6.14. The number of hydrogen-bond acceptors (Lipinski definition) is 2. The number of benzene rings is 2. The molecule has 142 valence electrons. The van der Waals surface area contributed by atoms with Crippen LogP contribution in [-0.4, -0.2) is 48.9 Å². The van der Waals surface area contributed by atoms with Crippen LogP contribution in [0.4, 0.5) is 0 Å². The van der Waals surface area contributed by atoms with Gasteiger partial charge in [0.25, 0.3) is 0 Å². The second-order valence-corrected chi connectivity index (χ2v) is 8.10. The lowest BCUT2D eigenvalue weighted by Crippen LogP contribution is -2.47. The monoisotopic (exact) mass is 362 g/mol. The number of piperazine rings is 1. The Hall–Kier alpha value is -2.13. The molecular formula is C24H30N2O. The van der Waals surface area contributed by atoms with Crippen LogP contribution in [0.3, 0.4) is 0 Å². The van der Waals surface area contributed by atoms with Crippen molar-refractivity contribution < 1.29 is 4.79 Å². The van der Waals surface area contributed by atoms with E-state index in [4.69, 9.17) is 0 Å². The fourth-order valence-electron chi connectivity index (χ4n) is 4.21. The second-order valence-electron chi connectivity index (χ2n) is 8.10. The van der Waals surface area contributed by atoms with E-state index in [2.05, 4.69) is 54.4 Å². The molecule has 2 aromatic rings. The highest BCUT2D eigenvalue weighted by Gasteiger charge is 2.19. The van der Waals surface area contributed by atoms with Gasteiger partial charge in [-0.05, 0) is 67.0 Å². The molecule has 7 rings (SSSR count). The van der Waals surface area contributed by atoms with Crippen molar-refractivity contribution in [3.05, 3.63) is 70.3 Å². The molecule has 0 aromatic heterocycles. The van der Waals surface area contributed by atoms with Gasteiger partial charge in [0, 0.05) is 32.6 Å². The van der Waals surface area contributed by atoms with E-state index in [1.54, 1.807) is 0 Å². The van der Waals surface area contributed by atoms with Gasteiger partial charge in [-0.2, -0.15) is 0 Å². The molecule has 2 aromatic carbocycles. The second kappa shape index (κ2) is 8.26. The van der Waals surface area contributed by atoms with E-state index in [9.17, 15) is 4.79 Å². The summed E-state index contributed by atoms with van der Waals surface area (Å²) in [5.41, 5.74) is 7.00. The highest BCUT2D eigenvalue weighted by Crippen LogP contribution is 2.21. The van der Waals surface area contributed by atoms with Crippen LogP contribution in [0.25, 0.3) is 0 Å². The van der Waals surface area contributed by atoms with Crippen molar-refractivity contribution in [2.24, 2.45) is 0 Å². The maximum absolute atomic E-state index is 12.7. The topological polar surface area (TPSA) is 23.6 Å². The maximum Gasteiger partial charge on any atom is 0.222 e. The summed E-state index contributed by atoms with van der Waals surface area (Å²) in [5.74, 6) is 0.315. The van der Waals surface area contributed by atoms with Gasteiger partial charge < -0.3 is 9.80 Å². The Kier molecular flexibility index (Phi) is 5.58. The van der Waals surface area contributed by atoms with Gasteiger partial charge in [-0.3, -0.25) is 4.79 Å². The smallest absolute Gasteiger partial charge is 0.222 e. The molecule has 0 saturated carbocycles. The van der Waals surface area contributed by atoms with Crippen molar-refractivity contribution in [3.8, 4) is 0 Å². The molecule has 4 bridgehead atoms. The normalized spacial score (nSPS) is 17.6. The van der Waals surface area contributed by atoms with Gasteiger partial charge >= 0.3 is 0 Å². The van der Waals surface area contributed by atoms with Crippen LogP contribution in [-0.2, 0) is 36.9 Å². The Morgan fingerprint density at radius 2 is 1.41 bits per heavy atom. The van der Waals surface area contributed by atoms with Crippen molar-refractivity contribution in [3.63, 3.8) is 0 Å². The first-order valence-corrected chi connectivity index (χ1v) is 10.3. The van der Waals surface area contributed by atoms with Crippen LogP contribution in [0, 0.1) is 0 Å². The number of carbonyl (C=O) groups excluding carboxylic acids is 1. The maximum atomic E-state index is 12.7. The Labute approximate surface area is 163 Å². The van der Waals surface area contributed by atoms with E-state index in [-0.39, 0.29) is 0 Å². The molecule has 4 aliphatic carbocycles. The summed E-state index contributed by atoms with van der Waals surface area (Å²) in [5, 5.41) is 0. The minimum Gasteiger partial charge on any atom is -0.340 e. The van der Waals surface area contributed by atoms with Crippen LogP contribution >= 0.6 is 0 Å². The van der Waals surface area contributed by atoms with Crippen molar-refractivity contribution in [2.45, 2.75) is 38.5 Å². The summed E-state index contributed by atoms with van der Waals surface area (Å²) >= 11 is 0. The molecular weight excluding hydrogens is 332 g/mol. The Morgan fingerprint density at radius 3 is 2.11 bits per heavy atom. The zero-order valence-electron chi connectivity index (χ0n) is 16.4. The molecule has 0 N–H and O–H groups in total. The molecule has 1 aliphatic heterocycles. The van der Waals surface area contributed by atoms with Crippen molar-refractivity contribution >= 4 is 5.91 Å². The highest BCUT2D eigenvalue weighted by atomic mass is 16.2. The van der Waals surface area contributed by atoms with Gasteiger partial charge in [0.2, 0.25) is 5.91 Å². The summed E-state index contributed by atoms with van der Waals surface area (Å²) in [6.45, 7) is 3.73. The quantitative estimate of drug-likeness (QED) is 0.837. The molecule has 0 spiro atoms. The van der Waals surface area contributed by atoms with Crippen LogP contribution in [0.1, 0.15) is 34.2 Å². The van der Waals surface area contributed by atoms with E-state index in [1.807, 2.05) is 4.90 Å². The molecule has 1 saturated heterocycles. The lowest BCUT2D eigenvalue weighted by Gasteiger charge is -2.32. The zero-order valence-corrected chi connectivity index (χ0v) is 16.4. The lowest BCUT2D eigenvalue weighted by atomic mass is 9.91. The number of nitrogens with zero attached hydrogens (tertiary/aromatic N) is 2. The van der Waals surface area contributed by atoms with Crippen molar-refractivity contribution in [1.82, 2.24) is 9.80 Å². The van der Waals surface area contributed by atoms with E-state index in [0.717, 1.165) is 58.3 Å². The van der Waals surface area contributed by atoms with E-state index < -0.39 is 0 Å². The standard InChI is InChI=1S/C24H30N2O/c1-25-14-16-26(17-15-25)24(27)13-12-23-18-21-7-6-19-2-4-20(5-3-19)8-10-22(23)11-9-21/h2-5,9,11,18H,6-8,10,12-17H2,1H3. The van der Waals surface area contributed by atoms with Gasteiger partial charge in [-0.1, -0.05) is 42.5 Å². The Balaban J connectivity index is 1.45. The molecule has 0 atom stereocenters. The first kappa shape index (κ1) is 18.2. The van der Waals surface area contributed by atoms with Crippen LogP contribution in [0.15, 0.2) is 42.5 Å². The summed E-state index contributed by atoms with van der Waals surface area (Å²) in [4.78, 5) is 17.0. The fourth-order valence-corrected chi connectivity index (χ4v) is 4.21. The van der Waals surface area contributed by atoms with Gasteiger partial charge in [-0.15, -0.1) is 0 Å². The number of carbonyl (C=O) groups is 1. The van der Waals surface area contributed by atoms with Crippen LogP contribution < -0.4 is 0 Å². The number of likely N-dealkylation sites (N-methyl/N-ethyl adjacent to an activating group) is 1. The molecule has 5 aliphatic rings. The third-order valence-corrected chi connectivity index (χ3v) is 6.14. The highest BCUT2D eigenvalue weighted by molar-refractivity contribution is 5.76. The predicted molar refractivity (Wildman–Crippen MR) is 110 cm³/mol. The Morgan fingerprint density at radius 1 is 0.815 bits per heavy atom. The van der Waals surface area contributed by atoms with Crippen LogP contribution in [0.5, 0.6) is 0 Å². The number of aryl methyl sites for hydroxylation is 5. The largest absolute Gasteiger partial charge is 0.340 e. The molecule has 0 radical (unpaired) electrons. The molecule has 1 fully saturated rings. The molecule has 3 heteroatoms. The number of rotatable bonds is 3. The van der Waals surface area contributed by atoms with E-state index in [0.29, 0.717) is 12.3 Å². The average molecular weight is 363 g/mol. The minimum atomic E-state index is 0.315. The van der Waals surface area contributed by atoms with Gasteiger partial charge in [0.1, 0.15) is 0 Å². The summed E-state index contributed by atoms with van der Waals surface area (Å²) < 4.78 is 0. The van der Waals surface area contributed by atoms with Crippen molar-refractivity contribution in [1.29, 1.82) is 0 Å². The number of hydrogen-bond donors (Lipinski definition) is 0. The molecule has 1 heterocycles. The van der Waals surface area contributed by atoms with E-state index >= 15 is 0 Å². The number of amides is 1.